The minimum absolute atomic E-state index is 0.0777. The molecule has 0 radical (unpaired) electrons. The van der Waals surface area contributed by atoms with Gasteiger partial charge in [-0.1, -0.05) is 13.8 Å². The maximum Gasteiger partial charge on any atom is 0.274 e. The number of nitrogens with zero attached hydrogens (tertiary/aromatic N) is 2. The molecule has 0 aromatic carbocycles. The highest BCUT2D eigenvalue weighted by Gasteiger charge is 2.27. The van der Waals surface area contributed by atoms with Gasteiger partial charge in [-0.3, -0.25) is 14.7 Å². The van der Waals surface area contributed by atoms with Crippen LogP contribution in [-0.4, -0.2) is 40.0 Å². The van der Waals surface area contributed by atoms with Crippen LogP contribution in [0.25, 0.3) is 0 Å². The van der Waals surface area contributed by atoms with E-state index >= 15 is 0 Å². The van der Waals surface area contributed by atoms with E-state index in [-0.39, 0.29) is 17.7 Å². The van der Waals surface area contributed by atoms with Crippen LogP contribution >= 0.6 is 0 Å². The zero-order valence-corrected chi connectivity index (χ0v) is 11.3. The van der Waals surface area contributed by atoms with Crippen molar-refractivity contribution in [3.8, 4) is 0 Å². The van der Waals surface area contributed by atoms with E-state index in [2.05, 4.69) is 10.2 Å². The Bertz CT molecular complexity index is 473. The number of rotatable bonds is 3. The second-order valence-electron chi connectivity index (χ2n) is 5.33. The Morgan fingerprint density at radius 2 is 2.05 bits per heavy atom. The molecule has 6 heteroatoms. The number of H-pyrrole nitrogens is 1. The SMILES string of the molecule is CC(C)c1cc(C(=O)N2CCC(C(N)=O)CC2)n[nH]1. The minimum atomic E-state index is -0.269. The third-order valence-electron chi connectivity index (χ3n) is 3.62. The van der Waals surface area contributed by atoms with E-state index in [1.165, 1.54) is 0 Å². The van der Waals surface area contributed by atoms with Gasteiger partial charge in [-0.2, -0.15) is 5.10 Å². The number of hydrogen-bond acceptors (Lipinski definition) is 3. The quantitative estimate of drug-likeness (QED) is 0.848. The van der Waals surface area contributed by atoms with E-state index < -0.39 is 0 Å². The molecule has 1 aliphatic rings. The van der Waals surface area contributed by atoms with Crippen molar-refractivity contribution in [3.05, 3.63) is 17.5 Å². The molecule has 2 heterocycles. The largest absolute Gasteiger partial charge is 0.369 e. The number of carbonyl (C=O) groups is 2. The number of aromatic amines is 1. The third-order valence-corrected chi connectivity index (χ3v) is 3.62. The molecule has 0 bridgehead atoms. The van der Waals surface area contributed by atoms with Gasteiger partial charge in [-0.05, 0) is 24.8 Å². The third kappa shape index (κ3) is 2.94. The number of likely N-dealkylation sites (tertiary alicyclic amines) is 1. The maximum atomic E-state index is 12.2. The summed E-state index contributed by atoms with van der Waals surface area (Å²) in [5.41, 5.74) is 6.68. The van der Waals surface area contributed by atoms with Crippen molar-refractivity contribution in [1.29, 1.82) is 0 Å². The van der Waals surface area contributed by atoms with Crippen LogP contribution in [0.5, 0.6) is 0 Å². The molecule has 19 heavy (non-hydrogen) atoms. The molecule has 1 fully saturated rings. The zero-order valence-electron chi connectivity index (χ0n) is 11.3. The van der Waals surface area contributed by atoms with E-state index in [1.807, 2.05) is 13.8 Å². The minimum Gasteiger partial charge on any atom is -0.369 e. The van der Waals surface area contributed by atoms with Crippen molar-refractivity contribution in [2.24, 2.45) is 11.7 Å². The van der Waals surface area contributed by atoms with E-state index in [0.29, 0.717) is 37.5 Å². The van der Waals surface area contributed by atoms with Gasteiger partial charge < -0.3 is 10.6 Å². The zero-order chi connectivity index (χ0) is 14.0. The van der Waals surface area contributed by atoms with Gasteiger partial charge in [-0.25, -0.2) is 0 Å². The molecule has 1 aliphatic heterocycles. The molecule has 1 aromatic rings. The van der Waals surface area contributed by atoms with Crippen molar-refractivity contribution in [1.82, 2.24) is 15.1 Å². The average molecular weight is 264 g/mol. The number of carbonyl (C=O) groups excluding carboxylic acids is 2. The lowest BCUT2D eigenvalue weighted by molar-refractivity contribution is -0.123. The summed E-state index contributed by atoms with van der Waals surface area (Å²) in [6.07, 6.45) is 1.28. The van der Waals surface area contributed by atoms with Gasteiger partial charge in [0.2, 0.25) is 5.91 Å². The van der Waals surface area contributed by atoms with Crippen LogP contribution in [0.3, 0.4) is 0 Å². The fraction of sp³-hybridized carbons (Fsp3) is 0.615. The highest BCUT2D eigenvalue weighted by Crippen LogP contribution is 2.19. The van der Waals surface area contributed by atoms with Crippen molar-refractivity contribution in [3.63, 3.8) is 0 Å². The molecule has 3 N–H and O–H groups in total. The number of nitrogens with one attached hydrogen (secondary N) is 1. The van der Waals surface area contributed by atoms with Gasteiger partial charge >= 0.3 is 0 Å². The number of amides is 2. The predicted octanol–water partition coefficient (Wildman–Crippen LogP) is 0.871. The Balaban J connectivity index is 1.99. The molecule has 2 amide bonds. The van der Waals surface area contributed by atoms with E-state index in [0.717, 1.165) is 5.69 Å². The first kappa shape index (κ1) is 13.6. The predicted molar refractivity (Wildman–Crippen MR) is 70.5 cm³/mol. The maximum absolute atomic E-state index is 12.2. The molecule has 0 saturated carbocycles. The second kappa shape index (κ2) is 5.42. The summed E-state index contributed by atoms with van der Waals surface area (Å²) in [6.45, 7) is 5.22. The van der Waals surface area contributed by atoms with Crippen LogP contribution in [0.4, 0.5) is 0 Å². The van der Waals surface area contributed by atoms with Crippen molar-refractivity contribution >= 4 is 11.8 Å². The van der Waals surface area contributed by atoms with E-state index in [9.17, 15) is 9.59 Å². The van der Waals surface area contributed by atoms with Gasteiger partial charge in [0, 0.05) is 24.7 Å². The fourth-order valence-electron chi connectivity index (χ4n) is 2.27. The molecule has 1 aromatic heterocycles. The van der Waals surface area contributed by atoms with Crippen molar-refractivity contribution < 1.29 is 9.59 Å². The Hall–Kier alpha value is -1.85. The summed E-state index contributed by atoms with van der Waals surface area (Å²) in [5.74, 6) is -0.135. The standard InChI is InChI=1S/C13H20N4O2/c1-8(2)10-7-11(16-15-10)13(19)17-5-3-9(4-6-17)12(14)18/h7-9H,3-6H2,1-2H3,(H2,14,18)(H,15,16). The Labute approximate surface area is 112 Å². The Morgan fingerprint density at radius 3 is 2.53 bits per heavy atom. The summed E-state index contributed by atoms with van der Waals surface area (Å²) in [7, 11) is 0. The fourth-order valence-corrected chi connectivity index (χ4v) is 2.27. The highest BCUT2D eigenvalue weighted by atomic mass is 16.2. The lowest BCUT2D eigenvalue weighted by atomic mass is 9.96. The van der Waals surface area contributed by atoms with Crippen molar-refractivity contribution in [2.45, 2.75) is 32.6 Å². The number of primary amides is 1. The van der Waals surface area contributed by atoms with E-state index in [4.69, 9.17) is 5.73 Å². The van der Waals surface area contributed by atoms with Crippen LogP contribution in [0.2, 0.25) is 0 Å². The topological polar surface area (TPSA) is 92.1 Å². The molecule has 6 nitrogen and oxygen atoms in total. The molecule has 2 rings (SSSR count). The summed E-state index contributed by atoms with van der Waals surface area (Å²) in [6, 6.07) is 1.80. The van der Waals surface area contributed by atoms with Gasteiger partial charge in [0.05, 0.1) is 0 Å². The molecular formula is C13H20N4O2. The lowest BCUT2D eigenvalue weighted by Crippen LogP contribution is -2.41. The van der Waals surface area contributed by atoms with Gasteiger partial charge in [0.25, 0.3) is 5.91 Å². The molecule has 104 valence electrons. The Kier molecular flexibility index (Phi) is 3.87. The number of piperidine rings is 1. The molecule has 0 unspecified atom stereocenters. The van der Waals surface area contributed by atoms with Crippen LogP contribution in [0, 0.1) is 5.92 Å². The van der Waals surface area contributed by atoms with Gasteiger partial charge in [0.15, 0.2) is 0 Å². The molecule has 1 saturated heterocycles. The Morgan fingerprint density at radius 1 is 1.42 bits per heavy atom. The molecule has 0 atom stereocenters. The monoisotopic (exact) mass is 264 g/mol. The number of hydrogen-bond donors (Lipinski definition) is 2. The van der Waals surface area contributed by atoms with Gasteiger partial charge in [-0.15, -0.1) is 0 Å². The highest BCUT2D eigenvalue weighted by molar-refractivity contribution is 5.92. The summed E-state index contributed by atoms with van der Waals surface area (Å²) >= 11 is 0. The van der Waals surface area contributed by atoms with Crippen LogP contribution < -0.4 is 5.73 Å². The van der Waals surface area contributed by atoms with Crippen LogP contribution in [0.1, 0.15) is 48.8 Å². The van der Waals surface area contributed by atoms with Crippen LogP contribution in [0.15, 0.2) is 6.07 Å². The lowest BCUT2D eigenvalue weighted by Gasteiger charge is -2.29. The number of nitrogens with two attached hydrogens (primary N) is 1. The van der Waals surface area contributed by atoms with Gasteiger partial charge in [0.1, 0.15) is 5.69 Å². The van der Waals surface area contributed by atoms with E-state index in [1.54, 1.807) is 11.0 Å². The first-order valence-electron chi connectivity index (χ1n) is 6.63. The molecule has 0 aliphatic carbocycles. The summed E-state index contributed by atoms with van der Waals surface area (Å²) < 4.78 is 0. The average Bonchev–Trinajstić information content (AvgIpc) is 2.87. The first-order chi connectivity index (χ1) is 8.99. The summed E-state index contributed by atoms with van der Waals surface area (Å²) in [4.78, 5) is 25.1. The number of aromatic nitrogens is 2. The molecule has 0 spiro atoms. The summed E-state index contributed by atoms with van der Waals surface area (Å²) in [5, 5.41) is 6.94. The molecular weight excluding hydrogens is 244 g/mol. The first-order valence-corrected chi connectivity index (χ1v) is 6.63. The van der Waals surface area contributed by atoms with Crippen LogP contribution in [-0.2, 0) is 4.79 Å². The second-order valence-corrected chi connectivity index (χ2v) is 5.33. The van der Waals surface area contributed by atoms with Crippen molar-refractivity contribution in [2.75, 3.05) is 13.1 Å². The smallest absolute Gasteiger partial charge is 0.274 e. The normalized spacial score (nSPS) is 16.9.